The molecule has 146 valence electrons. The molecule has 0 saturated carbocycles. The summed E-state index contributed by atoms with van der Waals surface area (Å²) in [5.74, 6) is 0.903. The van der Waals surface area contributed by atoms with Crippen molar-refractivity contribution in [2.24, 2.45) is 0 Å². The number of Topliss-reactive ketones (excluding diaryl/α,β-unsaturated/α-hetero) is 1. The topological polar surface area (TPSA) is 49.9 Å². The van der Waals surface area contributed by atoms with Crippen LogP contribution < -0.4 is 4.74 Å². The second-order valence-corrected chi connectivity index (χ2v) is 7.65. The molecule has 1 fully saturated rings. The van der Waals surface area contributed by atoms with Crippen LogP contribution in [0.1, 0.15) is 47.3 Å². The second kappa shape index (κ2) is 7.76. The van der Waals surface area contributed by atoms with Gasteiger partial charge in [0.25, 0.3) is 5.91 Å². The Kier molecular flexibility index (Phi) is 5.18. The van der Waals surface area contributed by atoms with Gasteiger partial charge in [-0.3, -0.25) is 14.5 Å². The van der Waals surface area contributed by atoms with Crippen LogP contribution in [0.2, 0.25) is 0 Å². The Labute approximate surface area is 165 Å². The number of methoxy groups -OCH3 is 1. The van der Waals surface area contributed by atoms with Crippen LogP contribution in [0.3, 0.4) is 0 Å². The zero-order valence-electron chi connectivity index (χ0n) is 16.4. The van der Waals surface area contributed by atoms with Crippen LogP contribution in [-0.4, -0.2) is 47.7 Å². The fraction of sp³-hybridized carbons (Fsp3) is 0.391. The second-order valence-electron chi connectivity index (χ2n) is 7.65. The molecule has 28 heavy (non-hydrogen) atoms. The SMILES string of the molecule is COc1cccc2c1C(=O)N(C[C@H]1CC(=O)CCN1[C@@H](C)c1ccccc1)C2. The molecule has 0 aliphatic carbocycles. The first-order chi connectivity index (χ1) is 13.6. The summed E-state index contributed by atoms with van der Waals surface area (Å²) in [6, 6.07) is 16.3. The zero-order chi connectivity index (χ0) is 19.7. The van der Waals surface area contributed by atoms with Crippen molar-refractivity contribution in [1.29, 1.82) is 0 Å². The first-order valence-electron chi connectivity index (χ1n) is 9.86. The van der Waals surface area contributed by atoms with E-state index in [2.05, 4.69) is 24.0 Å². The molecule has 0 N–H and O–H groups in total. The van der Waals surface area contributed by atoms with Crippen molar-refractivity contribution in [2.45, 2.75) is 38.4 Å². The molecule has 5 heteroatoms. The summed E-state index contributed by atoms with van der Waals surface area (Å²) in [6.07, 6.45) is 1.07. The van der Waals surface area contributed by atoms with Gasteiger partial charge in [0.1, 0.15) is 11.5 Å². The monoisotopic (exact) mass is 378 g/mol. The number of carbonyl (C=O) groups excluding carboxylic acids is 2. The molecule has 2 heterocycles. The van der Waals surface area contributed by atoms with E-state index >= 15 is 0 Å². The van der Waals surface area contributed by atoms with E-state index in [1.165, 1.54) is 5.56 Å². The number of nitrogens with zero attached hydrogens (tertiary/aromatic N) is 2. The van der Waals surface area contributed by atoms with Crippen molar-refractivity contribution in [2.75, 3.05) is 20.2 Å². The Balaban J connectivity index is 1.55. The van der Waals surface area contributed by atoms with Crippen molar-refractivity contribution >= 4 is 11.7 Å². The number of fused-ring (bicyclic) bond motifs is 1. The van der Waals surface area contributed by atoms with E-state index in [4.69, 9.17) is 4.74 Å². The lowest BCUT2D eigenvalue weighted by molar-refractivity contribution is -0.124. The molecule has 0 unspecified atom stereocenters. The van der Waals surface area contributed by atoms with E-state index in [-0.39, 0.29) is 23.8 Å². The van der Waals surface area contributed by atoms with Gasteiger partial charge in [0.15, 0.2) is 0 Å². The maximum atomic E-state index is 13.0. The Morgan fingerprint density at radius 1 is 1.11 bits per heavy atom. The molecule has 0 aromatic heterocycles. The Morgan fingerprint density at radius 2 is 1.89 bits per heavy atom. The van der Waals surface area contributed by atoms with E-state index < -0.39 is 0 Å². The van der Waals surface area contributed by atoms with Gasteiger partial charge >= 0.3 is 0 Å². The van der Waals surface area contributed by atoms with Gasteiger partial charge in [-0.2, -0.15) is 0 Å². The lowest BCUT2D eigenvalue weighted by Crippen LogP contribution is -2.50. The number of rotatable bonds is 5. The van der Waals surface area contributed by atoms with Gasteiger partial charge in [0.05, 0.1) is 12.7 Å². The van der Waals surface area contributed by atoms with Gasteiger partial charge in [-0.15, -0.1) is 0 Å². The van der Waals surface area contributed by atoms with Crippen LogP contribution in [0, 0.1) is 0 Å². The number of piperidine rings is 1. The Hall–Kier alpha value is -2.66. The molecule has 2 aliphatic heterocycles. The van der Waals surface area contributed by atoms with Gasteiger partial charge in [-0.25, -0.2) is 0 Å². The highest BCUT2D eigenvalue weighted by molar-refractivity contribution is 6.01. The predicted octanol–water partition coefficient (Wildman–Crippen LogP) is 3.45. The quantitative estimate of drug-likeness (QED) is 0.800. The Bertz CT molecular complexity index is 881. The first kappa shape index (κ1) is 18.7. The van der Waals surface area contributed by atoms with Gasteiger partial charge in [0.2, 0.25) is 0 Å². The average Bonchev–Trinajstić information content (AvgIpc) is 3.04. The highest BCUT2D eigenvalue weighted by Crippen LogP contribution is 2.33. The highest BCUT2D eigenvalue weighted by atomic mass is 16.5. The number of benzene rings is 2. The van der Waals surface area contributed by atoms with Crippen LogP contribution in [0.5, 0.6) is 5.75 Å². The van der Waals surface area contributed by atoms with Crippen molar-refractivity contribution in [1.82, 2.24) is 9.80 Å². The summed E-state index contributed by atoms with van der Waals surface area (Å²) in [7, 11) is 1.59. The lowest BCUT2D eigenvalue weighted by atomic mass is 9.96. The van der Waals surface area contributed by atoms with Crippen LogP contribution in [-0.2, 0) is 11.3 Å². The molecule has 0 radical (unpaired) electrons. The minimum Gasteiger partial charge on any atom is -0.496 e. The van der Waals surface area contributed by atoms with E-state index in [9.17, 15) is 9.59 Å². The molecular formula is C23H26N2O3. The summed E-state index contributed by atoms with van der Waals surface area (Å²) in [5, 5.41) is 0. The van der Waals surface area contributed by atoms with Crippen molar-refractivity contribution < 1.29 is 14.3 Å². The predicted molar refractivity (Wildman–Crippen MR) is 107 cm³/mol. The number of ether oxygens (including phenoxy) is 1. The first-order valence-corrected chi connectivity index (χ1v) is 9.86. The van der Waals surface area contributed by atoms with Crippen LogP contribution in [0.4, 0.5) is 0 Å². The average molecular weight is 378 g/mol. The van der Waals surface area contributed by atoms with Gasteiger partial charge in [0, 0.05) is 44.6 Å². The van der Waals surface area contributed by atoms with Gasteiger partial charge in [-0.05, 0) is 24.1 Å². The van der Waals surface area contributed by atoms with Crippen molar-refractivity contribution in [3.63, 3.8) is 0 Å². The van der Waals surface area contributed by atoms with Gasteiger partial charge in [-0.1, -0.05) is 42.5 Å². The summed E-state index contributed by atoms with van der Waals surface area (Å²) < 4.78 is 5.39. The summed E-state index contributed by atoms with van der Waals surface area (Å²) in [6.45, 7) is 4.04. The third-order valence-electron chi connectivity index (χ3n) is 5.99. The van der Waals surface area contributed by atoms with Crippen LogP contribution in [0.25, 0.3) is 0 Å². The Morgan fingerprint density at radius 3 is 2.64 bits per heavy atom. The molecule has 2 aliphatic rings. The number of ketones is 1. The van der Waals surface area contributed by atoms with E-state index in [1.54, 1.807) is 7.11 Å². The minimum absolute atomic E-state index is 0.00205. The summed E-state index contributed by atoms with van der Waals surface area (Å²) in [4.78, 5) is 29.5. The number of hydrogen-bond donors (Lipinski definition) is 0. The molecule has 2 aromatic carbocycles. The summed E-state index contributed by atoms with van der Waals surface area (Å²) >= 11 is 0. The van der Waals surface area contributed by atoms with Crippen molar-refractivity contribution in [3.8, 4) is 5.75 Å². The molecule has 2 atom stereocenters. The molecule has 0 spiro atoms. The number of likely N-dealkylation sites (tertiary alicyclic amines) is 1. The van der Waals surface area contributed by atoms with E-state index in [0.29, 0.717) is 37.2 Å². The van der Waals surface area contributed by atoms with Gasteiger partial charge < -0.3 is 9.64 Å². The maximum absolute atomic E-state index is 13.0. The van der Waals surface area contributed by atoms with Crippen LogP contribution >= 0.6 is 0 Å². The highest BCUT2D eigenvalue weighted by Gasteiger charge is 2.37. The largest absolute Gasteiger partial charge is 0.496 e. The minimum atomic E-state index is -0.00205. The molecular weight excluding hydrogens is 352 g/mol. The fourth-order valence-corrected chi connectivity index (χ4v) is 4.48. The third kappa shape index (κ3) is 3.42. The molecule has 0 bridgehead atoms. The molecule has 4 rings (SSSR count). The zero-order valence-corrected chi connectivity index (χ0v) is 16.4. The summed E-state index contributed by atoms with van der Waals surface area (Å²) in [5.41, 5.74) is 2.89. The number of amides is 1. The van der Waals surface area contributed by atoms with Crippen molar-refractivity contribution in [3.05, 3.63) is 65.2 Å². The molecule has 1 saturated heterocycles. The number of carbonyl (C=O) groups is 2. The molecule has 5 nitrogen and oxygen atoms in total. The third-order valence-corrected chi connectivity index (χ3v) is 5.99. The molecule has 2 aromatic rings. The van der Waals surface area contributed by atoms with E-state index in [1.807, 2.05) is 41.3 Å². The number of hydrogen-bond acceptors (Lipinski definition) is 4. The van der Waals surface area contributed by atoms with E-state index in [0.717, 1.165) is 12.1 Å². The van der Waals surface area contributed by atoms with Crippen LogP contribution in [0.15, 0.2) is 48.5 Å². The standard InChI is InChI=1S/C23H26N2O3/c1-16(17-7-4-3-5-8-17)25-12-11-20(26)13-19(25)15-24-14-18-9-6-10-21(28-2)22(18)23(24)27/h3-10,16,19H,11-15H2,1-2H3/t16-,19+/m0/s1. The lowest BCUT2D eigenvalue weighted by Gasteiger charge is -2.41. The molecule has 1 amide bonds. The fourth-order valence-electron chi connectivity index (χ4n) is 4.48. The maximum Gasteiger partial charge on any atom is 0.258 e. The smallest absolute Gasteiger partial charge is 0.258 e. The normalized spacial score (nSPS) is 20.9.